The summed E-state index contributed by atoms with van der Waals surface area (Å²) in [4.78, 5) is 0.217. The molecule has 0 aliphatic carbocycles. The van der Waals surface area contributed by atoms with Crippen LogP contribution in [0.4, 0.5) is 0 Å². The maximum absolute atomic E-state index is 15.1. The molecule has 0 saturated carbocycles. The van der Waals surface area contributed by atoms with Crippen molar-refractivity contribution in [3.05, 3.63) is 161 Å². The van der Waals surface area contributed by atoms with Crippen LogP contribution in [0.15, 0.2) is 138 Å². The van der Waals surface area contributed by atoms with E-state index in [9.17, 15) is 4.55 Å². The van der Waals surface area contributed by atoms with Gasteiger partial charge in [0.05, 0.1) is 10.4 Å². The van der Waals surface area contributed by atoms with E-state index in [0.29, 0.717) is 17.4 Å². The molecule has 1 aromatic heterocycles. The number of hydrogen-bond acceptors (Lipinski definition) is 4. The molecule has 0 amide bonds. The summed E-state index contributed by atoms with van der Waals surface area (Å²) < 4.78 is 49.3. The molecule has 0 radical (unpaired) electrons. The standard InChI is InChI=1S/C46H53N2O3PS2/c1-44(2,3)34-29-33(30-35(31-34)45(4,5)6)43(47-53(49)46(7,8)9)42-39-27-19-20-28-40(39)48(54(50,51)38-25-17-12-18-26-38)41(42)32-52(36-21-13-10-14-22-36)37-23-15-11-16-24-37/h10-31,43,47H,32H2,1-9H3. The Bertz CT molecular complexity index is 2250. The second kappa shape index (κ2) is 15.4. The molecule has 1 heterocycles. The lowest BCUT2D eigenvalue weighted by Crippen LogP contribution is -2.42. The van der Waals surface area contributed by atoms with Crippen LogP contribution in [0.1, 0.15) is 96.3 Å². The van der Waals surface area contributed by atoms with E-state index in [4.69, 9.17) is 0 Å². The molecule has 54 heavy (non-hydrogen) atoms. The predicted octanol–water partition coefficient (Wildman–Crippen LogP) is 10.2. The van der Waals surface area contributed by atoms with Gasteiger partial charge < -0.3 is 4.55 Å². The summed E-state index contributed by atoms with van der Waals surface area (Å²) in [5.74, 6) is 0. The molecule has 2 unspecified atom stereocenters. The molecular weight excluding hydrogens is 724 g/mol. The van der Waals surface area contributed by atoms with E-state index in [1.54, 1.807) is 28.2 Å². The lowest BCUT2D eigenvalue weighted by atomic mass is 9.78. The van der Waals surface area contributed by atoms with Crippen molar-refractivity contribution in [2.75, 3.05) is 0 Å². The van der Waals surface area contributed by atoms with Gasteiger partial charge in [0, 0.05) is 34.2 Å². The Labute approximate surface area is 327 Å². The third-order valence-electron chi connectivity index (χ3n) is 9.78. The van der Waals surface area contributed by atoms with E-state index in [1.165, 1.54) is 0 Å². The average molecular weight is 777 g/mol. The van der Waals surface area contributed by atoms with Gasteiger partial charge in [0.25, 0.3) is 10.0 Å². The van der Waals surface area contributed by atoms with E-state index in [-0.39, 0.29) is 15.7 Å². The highest BCUT2D eigenvalue weighted by Crippen LogP contribution is 2.46. The van der Waals surface area contributed by atoms with Crippen LogP contribution in [0.25, 0.3) is 10.9 Å². The smallest absolute Gasteiger partial charge is 0.268 e. The number of benzene rings is 5. The van der Waals surface area contributed by atoms with Gasteiger partial charge in [-0.15, -0.1) is 4.72 Å². The van der Waals surface area contributed by atoms with Crippen LogP contribution < -0.4 is 15.3 Å². The van der Waals surface area contributed by atoms with Crippen molar-refractivity contribution in [3.63, 3.8) is 0 Å². The normalized spacial score (nSPS) is 14.1. The predicted molar refractivity (Wildman–Crippen MR) is 230 cm³/mol. The number of para-hydroxylation sites is 1. The third kappa shape index (κ3) is 8.41. The summed E-state index contributed by atoms with van der Waals surface area (Å²) in [5.41, 5.74) is 5.04. The zero-order valence-electron chi connectivity index (χ0n) is 32.9. The number of nitrogens with one attached hydrogen (secondary N) is 1. The number of aromatic nitrogens is 1. The van der Waals surface area contributed by atoms with Crippen LogP contribution in [-0.2, 0) is 38.4 Å². The zero-order chi connectivity index (χ0) is 39.1. The first-order valence-electron chi connectivity index (χ1n) is 18.5. The number of hydrogen-bond donors (Lipinski definition) is 1. The number of fused-ring (bicyclic) bond motifs is 1. The largest absolute Gasteiger partial charge is 0.598 e. The van der Waals surface area contributed by atoms with Gasteiger partial charge in [0.15, 0.2) is 0 Å². The molecule has 5 aromatic carbocycles. The quantitative estimate of drug-likeness (QED) is 0.111. The Morgan fingerprint density at radius 2 is 1.13 bits per heavy atom. The van der Waals surface area contributed by atoms with Gasteiger partial charge in [-0.05, 0) is 85.0 Å². The van der Waals surface area contributed by atoms with Crippen molar-refractivity contribution in [3.8, 4) is 0 Å². The second-order valence-electron chi connectivity index (χ2n) is 17.0. The Kier molecular flexibility index (Phi) is 11.4. The molecule has 0 aliphatic rings. The molecule has 6 aromatic rings. The lowest BCUT2D eigenvalue weighted by molar-refractivity contribution is 0.534. The third-order valence-corrected chi connectivity index (χ3v) is 15.6. The van der Waals surface area contributed by atoms with Crippen molar-refractivity contribution in [2.24, 2.45) is 0 Å². The zero-order valence-corrected chi connectivity index (χ0v) is 35.4. The minimum Gasteiger partial charge on any atom is -0.598 e. The molecular formula is C46H53N2O3PS2. The van der Waals surface area contributed by atoms with Gasteiger partial charge in [-0.1, -0.05) is 157 Å². The molecule has 1 N–H and O–H groups in total. The van der Waals surface area contributed by atoms with Crippen molar-refractivity contribution >= 4 is 50.8 Å². The highest BCUT2D eigenvalue weighted by molar-refractivity contribution is 7.91. The molecule has 0 aliphatic heterocycles. The fourth-order valence-electron chi connectivity index (χ4n) is 6.69. The highest BCUT2D eigenvalue weighted by Gasteiger charge is 2.38. The molecule has 0 spiro atoms. The van der Waals surface area contributed by atoms with Gasteiger partial charge >= 0.3 is 0 Å². The maximum atomic E-state index is 15.1. The van der Waals surface area contributed by atoms with Crippen LogP contribution in [0.5, 0.6) is 0 Å². The monoisotopic (exact) mass is 776 g/mol. The Morgan fingerprint density at radius 3 is 1.61 bits per heavy atom. The summed E-state index contributed by atoms with van der Waals surface area (Å²) in [6.45, 7) is 19.2. The second-order valence-corrected chi connectivity index (χ2v) is 23.0. The van der Waals surface area contributed by atoms with E-state index < -0.39 is 40.1 Å². The summed E-state index contributed by atoms with van der Waals surface area (Å²) >= 11 is -1.51. The Balaban J connectivity index is 1.76. The maximum Gasteiger partial charge on any atom is 0.268 e. The van der Waals surface area contributed by atoms with Crippen LogP contribution in [0.3, 0.4) is 0 Å². The number of nitrogens with zero attached hydrogens (tertiary/aromatic N) is 1. The van der Waals surface area contributed by atoms with E-state index in [1.807, 2.05) is 87.5 Å². The fourth-order valence-corrected chi connectivity index (χ4v) is 11.5. The van der Waals surface area contributed by atoms with Crippen molar-refractivity contribution in [1.82, 2.24) is 8.69 Å². The molecule has 6 rings (SSSR count). The molecule has 282 valence electrons. The van der Waals surface area contributed by atoms with Crippen molar-refractivity contribution in [1.29, 1.82) is 0 Å². The fraction of sp³-hybridized carbons (Fsp3) is 0.304. The minimum atomic E-state index is -4.10. The Hall–Kier alpha value is -3.71. The van der Waals surface area contributed by atoms with Crippen LogP contribution >= 0.6 is 7.92 Å². The SMILES string of the molecule is CC(C)(C)c1cc(C(N[S+]([O-])C(C)(C)C)c2c(CP(c3ccccc3)c3ccccc3)n(S(=O)(=O)c3ccccc3)c3ccccc23)cc(C(C)(C)C)c1. The molecule has 0 saturated heterocycles. The Morgan fingerprint density at radius 1 is 0.667 bits per heavy atom. The summed E-state index contributed by atoms with van der Waals surface area (Å²) in [6.07, 6.45) is 0.435. The first kappa shape index (κ1) is 40.0. The van der Waals surface area contributed by atoms with Gasteiger partial charge in [0.1, 0.15) is 10.8 Å². The van der Waals surface area contributed by atoms with Gasteiger partial charge in [0.2, 0.25) is 0 Å². The highest BCUT2D eigenvalue weighted by atomic mass is 32.2. The molecule has 5 nitrogen and oxygen atoms in total. The van der Waals surface area contributed by atoms with Crippen LogP contribution in [-0.4, -0.2) is 21.7 Å². The van der Waals surface area contributed by atoms with Gasteiger partial charge in [-0.25, -0.2) is 12.4 Å². The van der Waals surface area contributed by atoms with Crippen LogP contribution in [0.2, 0.25) is 0 Å². The first-order chi connectivity index (χ1) is 25.4. The molecule has 8 heteroatoms. The molecule has 0 bridgehead atoms. The molecule has 0 fully saturated rings. The minimum absolute atomic E-state index is 0.174. The van der Waals surface area contributed by atoms with Gasteiger partial charge in [-0.3, -0.25) is 0 Å². The molecule has 2 atom stereocenters. The van der Waals surface area contributed by atoms with E-state index in [2.05, 4.69) is 88.7 Å². The summed E-state index contributed by atoms with van der Waals surface area (Å²) in [7, 11) is -5.18. The van der Waals surface area contributed by atoms with Crippen molar-refractivity contribution < 1.29 is 13.0 Å². The van der Waals surface area contributed by atoms with E-state index >= 15 is 8.42 Å². The first-order valence-corrected chi connectivity index (χ1v) is 22.6. The average Bonchev–Trinajstić information content (AvgIpc) is 3.46. The lowest BCUT2D eigenvalue weighted by Gasteiger charge is -2.32. The topological polar surface area (TPSA) is 74.2 Å². The van der Waals surface area contributed by atoms with Gasteiger partial charge in [-0.2, -0.15) is 0 Å². The summed E-state index contributed by atoms with van der Waals surface area (Å²) in [6, 6.07) is 43.4. The van der Waals surface area contributed by atoms with Crippen molar-refractivity contribution in [2.45, 2.75) is 95.0 Å². The number of rotatable bonds is 10. The summed E-state index contributed by atoms with van der Waals surface area (Å²) in [5, 5.41) is 3.10. The van der Waals surface area contributed by atoms with Crippen LogP contribution in [0, 0.1) is 0 Å². The van der Waals surface area contributed by atoms with E-state index in [0.717, 1.165) is 38.2 Å².